The number of anilines is 1. The number of hydrogen-bond donors (Lipinski definition) is 2. The first-order chi connectivity index (χ1) is 14.9. The number of rotatable bonds is 10. The fraction of sp³-hybridized carbons (Fsp3) is 0.391. The average molecular weight is 443 g/mol. The Morgan fingerprint density at radius 3 is 2.55 bits per heavy atom. The van der Waals surface area contributed by atoms with E-state index in [2.05, 4.69) is 39.0 Å². The van der Waals surface area contributed by atoms with Gasteiger partial charge >= 0.3 is 0 Å². The molecule has 1 amide bonds. The van der Waals surface area contributed by atoms with Crippen molar-refractivity contribution in [3.8, 4) is 0 Å². The van der Waals surface area contributed by atoms with Crippen LogP contribution in [0.25, 0.3) is 0 Å². The molecule has 0 aromatic heterocycles. The molecule has 2 N–H and O–H groups in total. The molecular formula is C23H30N4O3S. The highest BCUT2D eigenvalue weighted by Crippen LogP contribution is 2.23. The molecule has 0 spiro atoms. The first kappa shape index (κ1) is 22.8. The number of unbranched alkanes of at least 4 members (excludes halogenated alkanes) is 1. The lowest BCUT2D eigenvalue weighted by atomic mass is 10.1. The van der Waals surface area contributed by atoms with Crippen LogP contribution in [-0.4, -0.2) is 46.3 Å². The summed E-state index contributed by atoms with van der Waals surface area (Å²) < 4.78 is 27.1. The summed E-state index contributed by atoms with van der Waals surface area (Å²) in [7, 11) is -1.60. The molecule has 1 heterocycles. The van der Waals surface area contributed by atoms with E-state index in [-0.39, 0.29) is 16.6 Å². The molecule has 3 rings (SSSR count). The van der Waals surface area contributed by atoms with Crippen LogP contribution in [-0.2, 0) is 14.8 Å². The van der Waals surface area contributed by atoms with Crippen LogP contribution < -0.4 is 14.9 Å². The molecule has 2 aromatic rings. The van der Waals surface area contributed by atoms with Gasteiger partial charge in [-0.05, 0) is 37.1 Å². The SMILES string of the molecule is CCCCC(N=C1NS(=O)(=O)c2ccccc21)C(=O)NCCCN(C)c1ccccc1. The minimum Gasteiger partial charge on any atom is -0.375 e. The van der Waals surface area contributed by atoms with E-state index in [1.54, 1.807) is 24.3 Å². The molecule has 1 atom stereocenters. The van der Waals surface area contributed by atoms with Crippen molar-refractivity contribution < 1.29 is 13.2 Å². The second-order valence-corrected chi connectivity index (χ2v) is 9.29. The lowest BCUT2D eigenvalue weighted by Gasteiger charge is -2.19. The van der Waals surface area contributed by atoms with Crippen LogP contribution in [0.15, 0.2) is 64.5 Å². The highest BCUT2D eigenvalue weighted by atomic mass is 32.2. The third-order valence-electron chi connectivity index (χ3n) is 5.25. The predicted molar refractivity (Wildman–Crippen MR) is 124 cm³/mol. The molecule has 2 aromatic carbocycles. The molecular weight excluding hydrogens is 412 g/mol. The van der Waals surface area contributed by atoms with Crippen LogP contribution in [0.1, 0.15) is 38.2 Å². The minimum absolute atomic E-state index is 0.174. The number of para-hydroxylation sites is 1. The summed E-state index contributed by atoms with van der Waals surface area (Å²) in [6.45, 7) is 3.40. The fourth-order valence-electron chi connectivity index (χ4n) is 3.49. The smallest absolute Gasteiger partial charge is 0.263 e. The van der Waals surface area contributed by atoms with E-state index < -0.39 is 16.1 Å². The summed E-state index contributed by atoms with van der Waals surface area (Å²) in [5.41, 5.74) is 1.65. The highest BCUT2D eigenvalue weighted by molar-refractivity contribution is 7.90. The second-order valence-electron chi connectivity index (χ2n) is 7.64. The van der Waals surface area contributed by atoms with Crippen LogP contribution in [0.3, 0.4) is 0 Å². The van der Waals surface area contributed by atoms with E-state index in [0.717, 1.165) is 31.5 Å². The van der Waals surface area contributed by atoms with Gasteiger partial charge < -0.3 is 10.2 Å². The highest BCUT2D eigenvalue weighted by Gasteiger charge is 2.31. The summed E-state index contributed by atoms with van der Waals surface area (Å²) >= 11 is 0. The molecule has 166 valence electrons. The molecule has 1 aliphatic heterocycles. The van der Waals surface area contributed by atoms with Crippen molar-refractivity contribution >= 4 is 27.5 Å². The predicted octanol–water partition coefficient (Wildman–Crippen LogP) is 2.93. The number of benzene rings is 2. The van der Waals surface area contributed by atoms with Crippen molar-refractivity contribution in [3.63, 3.8) is 0 Å². The number of nitrogens with one attached hydrogen (secondary N) is 2. The summed E-state index contributed by atoms with van der Waals surface area (Å²) in [6, 6.07) is 16.2. The van der Waals surface area contributed by atoms with Crippen LogP contribution in [0.4, 0.5) is 5.69 Å². The summed E-state index contributed by atoms with van der Waals surface area (Å²) in [5.74, 6) is 0.0718. The van der Waals surface area contributed by atoms with Crippen molar-refractivity contribution in [1.29, 1.82) is 0 Å². The van der Waals surface area contributed by atoms with Gasteiger partial charge in [-0.3, -0.25) is 14.5 Å². The first-order valence-corrected chi connectivity index (χ1v) is 12.1. The molecule has 1 aliphatic rings. The van der Waals surface area contributed by atoms with Gasteiger partial charge in [0.1, 0.15) is 11.9 Å². The largest absolute Gasteiger partial charge is 0.375 e. The van der Waals surface area contributed by atoms with Crippen LogP contribution in [0.2, 0.25) is 0 Å². The van der Waals surface area contributed by atoms with Gasteiger partial charge in [0.2, 0.25) is 5.91 Å². The number of aliphatic imine (C=N–C) groups is 1. The quantitative estimate of drug-likeness (QED) is 0.554. The Morgan fingerprint density at radius 2 is 1.81 bits per heavy atom. The Labute approximate surface area is 184 Å². The topological polar surface area (TPSA) is 90.9 Å². The molecule has 0 saturated carbocycles. The number of carbonyl (C=O) groups excluding carboxylic acids is 1. The van der Waals surface area contributed by atoms with Gasteiger partial charge in [0.25, 0.3) is 10.0 Å². The van der Waals surface area contributed by atoms with E-state index in [1.165, 1.54) is 0 Å². The van der Waals surface area contributed by atoms with Gasteiger partial charge in [-0.15, -0.1) is 0 Å². The van der Waals surface area contributed by atoms with Gasteiger partial charge in [-0.1, -0.05) is 50.1 Å². The van der Waals surface area contributed by atoms with Crippen LogP contribution >= 0.6 is 0 Å². The normalized spacial score (nSPS) is 16.4. The Kier molecular flexibility index (Phi) is 7.68. The van der Waals surface area contributed by atoms with E-state index >= 15 is 0 Å². The van der Waals surface area contributed by atoms with Crippen molar-refractivity contribution in [2.45, 2.75) is 43.5 Å². The lowest BCUT2D eigenvalue weighted by Crippen LogP contribution is -2.37. The molecule has 0 bridgehead atoms. The molecule has 0 aliphatic carbocycles. The number of nitrogens with zero attached hydrogens (tertiary/aromatic N) is 2. The standard InChI is InChI=1S/C23H30N4O3S/c1-3-4-14-20(25-22-19-13-8-9-15-21(19)31(29,30)26-22)23(28)24-16-10-17-27(2)18-11-6-5-7-12-18/h5-9,11-13,15,20H,3-4,10,14,16-17H2,1-2H3,(H,24,28)(H,25,26). The number of amides is 1. The van der Waals surface area contributed by atoms with E-state index in [0.29, 0.717) is 18.5 Å². The molecule has 1 unspecified atom stereocenters. The fourth-order valence-corrected chi connectivity index (χ4v) is 4.73. The second kappa shape index (κ2) is 10.4. The number of fused-ring (bicyclic) bond motifs is 1. The summed E-state index contributed by atoms with van der Waals surface area (Å²) in [4.78, 5) is 19.7. The van der Waals surface area contributed by atoms with Crippen molar-refractivity contribution in [2.75, 3.05) is 25.0 Å². The summed E-state index contributed by atoms with van der Waals surface area (Å²) in [5, 5.41) is 2.97. The monoisotopic (exact) mass is 442 g/mol. The molecule has 8 heteroatoms. The van der Waals surface area contributed by atoms with E-state index in [9.17, 15) is 13.2 Å². The van der Waals surface area contributed by atoms with Crippen molar-refractivity contribution in [3.05, 3.63) is 60.2 Å². The Bertz CT molecular complexity index is 1020. The molecule has 0 radical (unpaired) electrons. The van der Waals surface area contributed by atoms with E-state index in [1.807, 2.05) is 25.2 Å². The molecule has 0 fully saturated rings. The maximum Gasteiger partial charge on any atom is 0.263 e. The molecule has 0 saturated heterocycles. The van der Waals surface area contributed by atoms with Gasteiger partial charge in [-0.2, -0.15) is 0 Å². The van der Waals surface area contributed by atoms with Gasteiger partial charge in [0.15, 0.2) is 0 Å². The van der Waals surface area contributed by atoms with Crippen LogP contribution in [0, 0.1) is 0 Å². The number of carbonyl (C=O) groups is 1. The third-order valence-corrected chi connectivity index (χ3v) is 6.65. The number of amidine groups is 1. The zero-order chi connectivity index (χ0) is 22.3. The average Bonchev–Trinajstić information content (AvgIpc) is 3.04. The van der Waals surface area contributed by atoms with Gasteiger partial charge in [0, 0.05) is 31.4 Å². The van der Waals surface area contributed by atoms with Crippen molar-refractivity contribution in [1.82, 2.24) is 10.0 Å². The van der Waals surface area contributed by atoms with E-state index in [4.69, 9.17) is 0 Å². The van der Waals surface area contributed by atoms with Crippen LogP contribution in [0.5, 0.6) is 0 Å². The maximum atomic E-state index is 12.8. The zero-order valence-corrected chi connectivity index (χ0v) is 18.9. The molecule has 7 nitrogen and oxygen atoms in total. The number of hydrogen-bond acceptors (Lipinski definition) is 5. The van der Waals surface area contributed by atoms with Crippen molar-refractivity contribution in [2.24, 2.45) is 4.99 Å². The zero-order valence-electron chi connectivity index (χ0n) is 18.0. The van der Waals surface area contributed by atoms with Gasteiger partial charge in [-0.25, -0.2) is 8.42 Å². The maximum absolute atomic E-state index is 12.8. The van der Waals surface area contributed by atoms with Gasteiger partial charge in [0.05, 0.1) is 4.90 Å². The Morgan fingerprint density at radius 1 is 1.10 bits per heavy atom. The lowest BCUT2D eigenvalue weighted by molar-refractivity contribution is -0.122. The Hall–Kier alpha value is -2.87. The Balaban J connectivity index is 1.62. The summed E-state index contributed by atoms with van der Waals surface area (Å²) in [6.07, 6.45) is 3.13. The third kappa shape index (κ3) is 5.85. The first-order valence-electron chi connectivity index (χ1n) is 10.7. The number of sulfonamides is 1. The minimum atomic E-state index is -3.62. The molecule has 31 heavy (non-hydrogen) atoms.